The number of halogens is 1. The molecule has 0 spiro atoms. The third-order valence-corrected chi connectivity index (χ3v) is 4.97. The first kappa shape index (κ1) is 24.1. The van der Waals surface area contributed by atoms with Gasteiger partial charge in [-0.2, -0.15) is 5.10 Å². The van der Waals surface area contributed by atoms with Crippen LogP contribution in [0.4, 0.5) is 0 Å². The molecule has 1 aromatic heterocycles. The van der Waals surface area contributed by atoms with E-state index >= 15 is 0 Å². The van der Waals surface area contributed by atoms with Crippen molar-refractivity contribution in [1.29, 1.82) is 0 Å². The Morgan fingerprint density at radius 2 is 1.73 bits per heavy atom. The number of fused-ring (bicyclic) bond motifs is 1. The largest absolute Gasteiger partial charge is 0.490 e. The Bertz CT molecular complexity index is 1240. The number of hydrogen-bond donors (Lipinski definition) is 2. The van der Waals surface area contributed by atoms with Crippen LogP contribution < -0.4 is 25.9 Å². The summed E-state index contributed by atoms with van der Waals surface area (Å²) in [6.07, 6.45) is 0.782. The number of aromatic nitrogens is 2. The Balaban J connectivity index is 1.83. The molecular formula is C23H25ClN4O5. The monoisotopic (exact) mass is 472 g/mol. The molecule has 3 rings (SSSR count). The molecule has 10 heteroatoms. The SMILES string of the molecule is CCCOc1c(Cl)cc(C(=O)NNC(=O)c2nn(CC)c(=O)c3ccccc23)cc1OCC. The van der Waals surface area contributed by atoms with Gasteiger partial charge >= 0.3 is 0 Å². The first-order valence-corrected chi connectivity index (χ1v) is 11.0. The minimum Gasteiger partial charge on any atom is -0.490 e. The average Bonchev–Trinajstić information content (AvgIpc) is 2.82. The second-order valence-corrected chi connectivity index (χ2v) is 7.40. The minimum atomic E-state index is -0.666. The summed E-state index contributed by atoms with van der Waals surface area (Å²) in [4.78, 5) is 38.0. The van der Waals surface area contributed by atoms with Gasteiger partial charge in [-0.15, -0.1) is 0 Å². The Hall–Kier alpha value is -3.59. The number of amides is 2. The Labute approximate surface area is 195 Å². The third-order valence-electron chi connectivity index (χ3n) is 4.69. The van der Waals surface area contributed by atoms with E-state index < -0.39 is 11.8 Å². The molecule has 2 aromatic carbocycles. The van der Waals surface area contributed by atoms with Crippen molar-refractivity contribution in [2.24, 2.45) is 0 Å². The molecule has 0 unspecified atom stereocenters. The molecular weight excluding hydrogens is 448 g/mol. The number of hydrazine groups is 1. The van der Waals surface area contributed by atoms with Crippen LogP contribution in [0, 0.1) is 0 Å². The molecule has 2 N–H and O–H groups in total. The van der Waals surface area contributed by atoms with Gasteiger partial charge in [-0.25, -0.2) is 4.68 Å². The molecule has 0 aliphatic rings. The lowest BCUT2D eigenvalue weighted by atomic mass is 10.1. The average molecular weight is 473 g/mol. The van der Waals surface area contributed by atoms with Gasteiger partial charge in [0.25, 0.3) is 17.4 Å². The fourth-order valence-electron chi connectivity index (χ4n) is 3.17. The summed E-state index contributed by atoms with van der Waals surface area (Å²) < 4.78 is 12.4. The Morgan fingerprint density at radius 3 is 2.39 bits per heavy atom. The van der Waals surface area contributed by atoms with Gasteiger partial charge in [-0.05, 0) is 38.5 Å². The highest BCUT2D eigenvalue weighted by molar-refractivity contribution is 6.32. The standard InChI is InChI=1S/C23H25ClN4O5/c1-4-11-33-20-17(24)12-14(13-18(20)32-6-3)21(29)25-26-22(30)19-15-9-7-8-10-16(15)23(31)28(5-2)27-19/h7-10,12-13H,4-6,11H2,1-3H3,(H,25,29)(H,26,30). The van der Waals surface area contributed by atoms with Crippen molar-refractivity contribution in [3.05, 3.63) is 63.0 Å². The summed E-state index contributed by atoms with van der Waals surface area (Å²) in [5, 5.41) is 5.11. The van der Waals surface area contributed by atoms with Gasteiger partial charge in [0.05, 0.1) is 23.6 Å². The Morgan fingerprint density at radius 1 is 1.03 bits per heavy atom. The highest BCUT2D eigenvalue weighted by Gasteiger charge is 2.19. The topological polar surface area (TPSA) is 112 Å². The Kier molecular flexibility index (Phi) is 7.89. The molecule has 0 aliphatic carbocycles. The summed E-state index contributed by atoms with van der Waals surface area (Å²) >= 11 is 6.31. The van der Waals surface area contributed by atoms with Gasteiger partial charge in [-0.3, -0.25) is 25.2 Å². The first-order chi connectivity index (χ1) is 15.9. The van der Waals surface area contributed by atoms with Gasteiger partial charge in [0.15, 0.2) is 17.2 Å². The van der Waals surface area contributed by atoms with E-state index in [4.69, 9.17) is 21.1 Å². The number of hydrogen-bond acceptors (Lipinski definition) is 6. The van der Waals surface area contributed by atoms with E-state index in [1.165, 1.54) is 16.8 Å². The van der Waals surface area contributed by atoms with E-state index in [1.807, 2.05) is 6.92 Å². The lowest BCUT2D eigenvalue weighted by molar-refractivity contribution is 0.0843. The molecule has 2 amide bonds. The van der Waals surface area contributed by atoms with E-state index in [2.05, 4.69) is 16.0 Å². The summed E-state index contributed by atoms with van der Waals surface area (Å²) in [5.74, 6) is -0.585. The van der Waals surface area contributed by atoms with Crippen molar-refractivity contribution in [2.45, 2.75) is 33.7 Å². The quantitative estimate of drug-likeness (QED) is 0.486. The maximum Gasteiger partial charge on any atom is 0.290 e. The van der Waals surface area contributed by atoms with E-state index in [1.54, 1.807) is 38.1 Å². The molecule has 0 saturated heterocycles. The lowest BCUT2D eigenvalue weighted by Crippen LogP contribution is -2.42. The molecule has 33 heavy (non-hydrogen) atoms. The fraction of sp³-hybridized carbons (Fsp3) is 0.304. The number of rotatable bonds is 8. The van der Waals surface area contributed by atoms with Gasteiger partial charge in [-0.1, -0.05) is 36.7 Å². The summed E-state index contributed by atoms with van der Waals surface area (Å²) in [6, 6.07) is 9.59. The van der Waals surface area contributed by atoms with Gasteiger partial charge < -0.3 is 9.47 Å². The van der Waals surface area contributed by atoms with Gasteiger partial charge in [0.2, 0.25) is 0 Å². The van der Waals surface area contributed by atoms with Crippen LogP contribution in [0.25, 0.3) is 10.8 Å². The zero-order valence-corrected chi connectivity index (χ0v) is 19.4. The molecule has 174 valence electrons. The molecule has 0 bridgehead atoms. The fourth-order valence-corrected chi connectivity index (χ4v) is 3.43. The molecule has 9 nitrogen and oxygen atoms in total. The highest BCUT2D eigenvalue weighted by Crippen LogP contribution is 2.36. The van der Waals surface area contributed by atoms with Crippen molar-refractivity contribution in [1.82, 2.24) is 20.6 Å². The normalized spacial score (nSPS) is 10.7. The number of ether oxygens (including phenoxy) is 2. The lowest BCUT2D eigenvalue weighted by Gasteiger charge is -2.15. The van der Waals surface area contributed by atoms with Gasteiger partial charge in [0.1, 0.15) is 0 Å². The minimum absolute atomic E-state index is 0.0173. The predicted octanol–water partition coefficient (Wildman–Crippen LogP) is 3.33. The molecule has 0 saturated carbocycles. The zero-order valence-electron chi connectivity index (χ0n) is 18.6. The first-order valence-electron chi connectivity index (χ1n) is 10.6. The van der Waals surface area contributed by atoms with Gasteiger partial charge in [0, 0.05) is 17.5 Å². The summed E-state index contributed by atoms with van der Waals surface area (Å²) in [6.45, 7) is 6.61. The van der Waals surface area contributed by atoms with Crippen LogP contribution in [0.2, 0.25) is 5.02 Å². The summed E-state index contributed by atoms with van der Waals surface area (Å²) in [5.41, 5.74) is 4.59. The molecule has 0 radical (unpaired) electrons. The van der Waals surface area contributed by atoms with E-state index in [0.717, 1.165) is 6.42 Å². The van der Waals surface area contributed by atoms with Crippen LogP contribution in [0.15, 0.2) is 41.2 Å². The van der Waals surface area contributed by atoms with Crippen LogP contribution >= 0.6 is 11.6 Å². The molecule has 1 heterocycles. The number of carbonyl (C=O) groups is 2. The molecule has 3 aromatic rings. The number of benzene rings is 2. The smallest absolute Gasteiger partial charge is 0.290 e. The van der Waals surface area contributed by atoms with Crippen molar-refractivity contribution in [2.75, 3.05) is 13.2 Å². The van der Waals surface area contributed by atoms with Crippen LogP contribution in [-0.2, 0) is 6.54 Å². The van der Waals surface area contributed by atoms with Crippen LogP contribution in [0.1, 0.15) is 48.0 Å². The van der Waals surface area contributed by atoms with E-state index in [0.29, 0.717) is 42.0 Å². The second-order valence-electron chi connectivity index (χ2n) is 6.99. The van der Waals surface area contributed by atoms with Crippen molar-refractivity contribution in [3.63, 3.8) is 0 Å². The maximum atomic E-state index is 12.8. The molecule has 0 aliphatic heterocycles. The highest BCUT2D eigenvalue weighted by atomic mass is 35.5. The van der Waals surface area contributed by atoms with Crippen LogP contribution in [0.5, 0.6) is 11.5 Å². The number of nitrogens with one attached hydrogen (secondary N) is 2. The maximum absolute atomic E-state index is 12.8. The summed E-state index contributed by atoms with van der Waals surface area (Å²) in [7, 11) is 0. The third kappa shape index (κ3) is 5.25. The predicted molar refractivity (Wildman–Crippen MR) is 125 cm³/mol. The zero-order chi connectivity index (χ0) is 24.0. The molecule has 0 atom stereocenters. The number of nitrogens with zero attached hydrogens (tertiary/aromatic N) is 2. The second kappa shape index (κ2) is 10.8. The van der Waals surface area contributed by atoms with Crippen molar-refractivity contribution < 1.29 is 19.1 Å². The number of carbonyl (C=O) groups excluding carboxylic acids is 2. The number of aryl methyl sites for hydroxylation is 1. The van der Waals surface area contributed by atoms with Crippen LogP contribution in [0.3, 0.4) is 0 Å². The van der Waals surface area contributed by atoms with Crippen molar-refractivity contribution in [3.8, 4) is 11.5 Å². The molecule has 0 fully saturated rings. The van der Waals surface area contributed by atoms with Crippen molar-refractivity contribution >= 4 is 34.2 Å². The van der Waals surface area contributed by atoms with E-state index in [-0.39, 0.29) is 21.8 Å². The van der Waals surface area contributed by atoms with E-state index in [9.17, 15) is 14.4 Å². The van der Waals surface area contributed by atoms with Crippen LogP contribution in [-0.4, -0.2) is 34.8 Å².